The van der Waals surface area contributed by atoms with E-state index in [1.807, 2.05) is 6.08 Å². The molecule has 2 saturated carbocycles. The van der Waals surface area contributed by atoms with Crippen LogP contribution in [-0.4, -0.2) is 26.4 Å². The van der Waals surface area contributed by atoms with Gasteiger partial charge in [0.2, 0.25) is 0 Å². The fraction of sp³-hybridized carbons (Fsp3) is 0.917. The van der Waals surface area contributed by atoms with Crippen LogP contribution in [0.5, 0.6) is 0 Å². The number of ether oxygens (including phenoxy) is 2. The van der Waals surface area contributed by atoms with E-state index in [0.717, 1.165) is 43.5 Å². The molecule has 0 aliphatic heterocycles. The monoisotopic (exact) mass is 364 g/mol. The standard InChI is InChI=1S/C24H44O2/c1-3-5-6-18-26-20-24-15-11-22(12-16-24)8-7-21-9-13-23(14-10-21)19-25-17-4-2/h4,21-24H,2-3,5-20H2,1H3. The second-order valence-electron chi connectivity index (χ2n) is 8.96. The van der Waals surface area contributed by atoms with Crippen LogP contribution < -0.4 is 0 Å². The van der Waals surface area contributed by atoms with E-state index in [1.54, 1.807) is 0 Å². The molecule has 0 heterocycles. The first kappa shape index (κ1) is 22.0. The lowest BCUT2D eigenvalue weighted by molar-refractivity contribution is 0.0726. The van der Waals surface area contributed by atoms with Crippen molar-refractivity contribution in [3.8, 4) is 0 Å². The van der Waals surface area contributed by atoms with E-state index < -0.39 is 0 Å². The van der Waals surface area contributed by atoms with Crippen LogP contribution in [0.1, 0.15) is 90.4 Å². The summed E-state index contributed by atoms with van der Waals surface area (Å²) in [7, 11) is 0. The zero-order valence-electron chi connectivity index (χ0n) is 17.4. The molecule has 0 N–H and O–H groups in total. The minimum Gasteiger partial charge on any atom is -0.381 e. The minimum atomic E-state index is 0.715. The first-order valence-corrected chi connectivity index (χ1v) is 11.6. The first-order chi connectivity index (χ1) is 12.8. The van der Waals surface area contributed by atoms with Crippen molar-refractivity contribution in [1.82, 2.24) is 0 Å². The molecule has 2 aliphatic rings. The SMILES string of the molecule is C=CCOCC1CCC(CCC2CCC(COCCCCC)CC2)CC1. The third-order valence-corrected chi connectivity index (χ3v) is 6.75. The summed E-state index contributed by atoms with van der Waals surface area (Å²) in [4.78, 5) is 0. The third kappa shape index (κ3) is 9.04. The second-order valence-corrected chi connectivity index (χ2v) is 8.96. The zero-order valence-corrected chi connectivity index (χ0v) is 17.4. The largest absolute Gasteiger partial charge is 0.381 e. The van der Waals surface area contributed by atoms with Gasteiger partial charge in [-0.15, -0.1) is 6.58 Å². The van der Waals surface area contributed by atoms with Gasteiger partial charge in [0.05, 0.1) is 6.61 Å². The molecule has 2 fully saturated rings. The van der Waals surface area contributed by atoms with E-state index >= 15 is 0 Å². The van der Waals surface area contributed by atoms with E-state index in [-0.39, 0.29) is 0 Å². The molecule has 2 rings (SSSR count). The van der Waals surface area contributed by atoms with Crippen molar-refractivity contribution in [2.45, 2.75) is 90.4 Å². The summed E-state index contributed by atoms with van der Waals surface area (Å²) < 4.78 is 11.5. The molecule has 0 bridgehead atoms. The number of hydrogen-bond donors (Lipinski definition) is 0. The molecule has 0 aromatic carbocycles. The van der Waals surface area contributed by atoms with Crippen molar-refractivity contribution in [3.05, 3.63) is 12.7 Å². The summed E-state index contributed by atoms with van der Waals surface area (Å²) >= 11 is 0. The highest BCUT2D eigenvalue weighted by Gasteiger charge is 2.24. The van der Waals surface area contributed by atoms with Crippen LogP contribution in [0.15, 0.2) is 12.7 Å². The molecule has 0 aromatic rings. The van der Waals surface area contributed by atoms with Gasteiger partial charge in [-0.2, -0.15) is 0 Å². The van der Waals surface area contributed by atoms with Crippen molar-refractivity contribution in [3.63, 3.8) is 0 Å². The van der Waals surface area contributed by atoms with Crippen LogP contribution in [0.2, 0.25) is 0 Å². The highest BCUT2D eigenvalue weighted by molar-refractivity contribution is 4.77. The molecule has 0 unspecified atom stereocenters. The van der Waals surface area contributed by atoms with Gasteiger partial charge in [0.1, 0.15) is 0 Å². The maximum absolute atomic E-state index is 5.90. The first-order valence-electron chi connectivity index (χ1n) is 11.6. The normalized spacial score (nSPS) is 29.6. The van der Waals surface area contributed by atoms with Gasteiger partial charge in [-0.25, -0.2) is 0 Å². The van der Waals surface area contributed by atoms with Crippen molar-refractivity contribution in [2.24, 2.45) is 23.7 Å². The average Bonchev–Trinajstić information content (AvgIpc) is 2.68. The Balaban J connectivity index is 1.47. The summed E-state index contributed by atoms with van der Waals surface area (Å²) in [5.41, 5.74) is 0. The lowest BCUT2D eigenvalue weighted by Crippen LogP contribution is -2.21. The van der Waals surface area contributed by atoms with E-state index in [1.165, 1.54) is 83.5 Å². The van der Waals surface area contributed by atoms with E-state index in [0.29, 0.717) is 6.61 Å². The van der Waals surface area contributed by atoms with Crippen LogP contribution >= 0.6 is 0 Å². The van der Waals surface area contributed by atoms with Crippen molar-refractivity contribution in [1.29, 1.82) is 0 Å². The van der Waals surface area contributed by atoms with Crippen LogP contribution in [0, 0.1) is 23.7 Å². The minimum absolute atomic E-state index is 0.715. The number of hydrogen-bond acceptors (Lipinski definition) is 2. The quantitative estimate of drug-likeness (QED) is 0.264. The lowest BCUT2D eigenvalue weighted by Gasteiger charge is -2.32. The molecule has 0 radical (unpaired) electrons. The predicted molar refractivity (Wildman–Crippen MR) is 111 cm³/mol. The Bertz CT molecular complexity index is 338. The van der Waals surface area contributed by atoms with E-state index in [9.17, 15) is 0 Å². The van der Waals surface area contributed by atoms with Gasteiger partial charge in [-0.05, 0) is 55.8 Å². The number of rotatable bonds is 13. The van der Waals surface area contributed by atoms with Gasteiger partial charge in [0.15, 0.2) is 0 Å². The van der Waals surface area contributed by atoms with Crippen molar-refractivity contribution < 1.29 is 9.47 Å². The zero-order chi connectivity index (χ0) is 18.5. The average molecular weight is 365 g/mol. The summed E-state index contributed by atoms with van der Waals surface area (Å²) in [6.07, 6.45) is 20.0. The predicted octanol–water partition coefficient (Wildman–Crippen LogP) is 6.79. The van der Waals surface area contributed by atoms with Gasteiger partial charge < -0.3 is 9.47 Å². The molecule has 0 atom stereocenters. The molecule has 0 saturated heterocycles. The van der Waals surface area contributed by atoms with Gasteiger partial charge in [-0.3, -0.25) is 0 Å². The Morgan fingerprint density at radius 2 is 1.23 bits per heavy atom. The van der Waals surface area contributed by atoms with E-state index in [4.69, 9.17) is 9.47 Å². The lowest BCUT2D eigenvalue weighted by atomic mass is 9.76. The summed E-state index contributed by atoms with van der Waals surface area (Å²) in [5, 5.41) is 0. The van der Waals surface area contributed by atoms with E-state index in [2.05, 4.69) is 13.5 Å². The Hall–Kier alpha value is -0.340. The molecular formula is C24H44O2. The third-order valence-electron chi connectivity index (χ3n) is 6.75. The highest BCUT2D eigenvalue weighted by atomic mass is 16.5. The van der Waals surface area contributed by atoms with Gasteiger partial charge in [0, 0.05) is 19.8 Å². The molecule has 0 aromatic heterocycles. The van der Waals surface area contributed by atoms with Gasteiger partial charge in [0.25, 0.3) is 0 Å². The molecule has 2 nitrogen and oxygen atoms in total. The second kappa shape index (κ2) is 13.8. The molecule has 26 heavy (non-hydrogen) atoms. The van der Waals surface area contributed by atoms with Crippen LogP contribution in [0.4, 0.5) is 0 Å². The Morgan fingerprint density at radius 1 is 0.731 bits per heavy atom. The van der Waals surface area contributed by atoms with Crippen LogP contribution in [-0.2, 0) is 9.47 Å². The maximum Gasteiger partial charge on any atom is 0.0644 e. The van der Waals surface area contributed by atoms with Gasteiger partial charge >= 0.3 is 0 Å². The molecular weight excluding hydrogens is 320 g/mol. The van der Waals surface area contributed by atoms with Crippen molar-refractivity contribution in [2.75, 3.05) is 26.4 Å². The number of unbranched alkanes of at least 4 members (excludes halogenated alkanes) is 2. The Morgan fingerprint density at radius 3 is 1.73 bits per heavy atom. The molecule has 2 heteroatoms. The highest BCUT2D eigenvalue weighted by Crippen LogP contribution is 2.36. The van der Waals surface area contributed by atoms with Gasteiger partial charge in [-0.1, -0.05) is 64.4 Å². The fourth-order valence-corrected chi connectivity index (χ4v) is 4.87. The molecule has 0 amide bonds. The molecule has 0 spiro atoms. The summed E-state index contributed by atoms with van der Waals surface area (Å²) in [6.45, 7) is 9.64. The molecule has 152 valence electrons. The fourth-order valence-electron chi connectivity index (χ4n) is 4.87. The molecule has 2 aliphatic carbocycles. The van der Waals surface area contributed by atoms with Crippen LogP contribution in [0.3, 0.4) is 0 Å². The maximum atomic E-state index is 5.90. The smallest absolute Gasteiger partial charge is 0.0644 e. The Kier molecular flexibility index (Phi) is 11.6. The summed E-state index contributed by atoms with van der Waals surface area (Å²) in [5.74, 6) is 3.64. The van der Waals surface area contributed by atoms with Crippen molar-refractivity contribution >= 4 is 0 Å². The Labute approximate surface area is 163 Å². The van der Waals surface area contributed by atoms with Crippen LogP contribution in [0.25, 0.3) is 0 Å². The topological polar surface area (TPSA) is 18.5 Å². The summed E-state index contributed by atoms with van der Waals surface area (Å²) in [6, 6.07) is 0.